The molecule has 3 rings (SSSR count). The van der Waals surface area contributed by atoms with Gasteiger partial charge in [-0.1, -0.05) is 45.7 Å². The van der Waals surface area contributed by atoms with Gasteiger partial charge in [-0.2, -0.15) is 0 Å². The number of amides is 1. The molecule has 1 amide bonds. The number of hydrogen-bond donors (Lipinski definition) is 2. The Kier molecular flexibility index (Phi) is 6.74. The van der Waals surface area contributed by atoms with E-state index in [1.807, 2.05) is 6.07 Å². The number of sulfonamides is 1. The molecule has 3 aromatic rings. The Bertz CT molecular complexity index is 1150. The van der Waals surface area contributed by atoms with Gasteiger partial charge >= 0.3 is 0 Å². The van der Waals surface area contributed by atoms with E-state index in [1.54, 1.807) is 48.5 Å². The van der Waals surface area contributed by atoms with Crippen LogP contribution in [-0.4, -0.2) is 14.3 Å². The Labute approximate surface area is 182 Å². The summed E-state index contributed by atoms with van der Waals surface area (Å²) in [6, 6.07) is 19.9. The Morgan fingerprint density at radius 1 is 0.897 bits per heavy atom. The summed E-state index contributed by atoms with van der Waals surface area (Å²) in [7, 11) is -3.73. The predicted molar refractivity (Wildman–Crippen MR) is 121 cm³/mol. The maximum absolute atomic E-state index is 12.5. The summed E-state index contributed by atoms with van der Waals surface area (Å²) in [6.07, 6.45) is 2.97. The number of benzene rings is 3. The molecule has 5 nitrogen and oxygen atoms in total. The molecule has 29 heavy (non-hydrogen) atoms. The van der Waals surface area contributed by atoms with E-state index >= 15 is 0 Å². The number of carbonyl (C=O) groups is 1. The summed E-state index contributed by atoms with van der Waals surface area (Å²) >= 11 is 9.35. The van der Waals surface area contributed by atoms with Crippen LogP contribution in [0.2, 0.25) is 5.02 Å². The molecule has 0 radical (unpaired) electrons. The first-order chi connectivity index (χ1) is 13.8. The van der Waals surface area contributed by atoms with E-state index in [0.29, 0.717) is 16.4 Å². The minimum absolute atomic E-state index is 0.0880. The van der Waals surface area contributed by atoms with Crippen molar-refractivity contribution in [2.75, 3.05) is 10.0 Å². The highest BCUT2D eigenvalue weighted by Crippen LogP contribution is 2.20. The molecule has 0 atom stereocenters. The van der Waals surface area contributed by atoms with Crippen molar-refractivity contribution in [2.24, 2.45) is 0 Å². The fourth-order valence-corrected chi connectivity index (χ4v) is 3.93. The Morgan fingerprint density at radius 3 is 2.17 bits per heavy atom. The van der Waals surface area contributed by atoms with Crippen molar-refractivity contribution in [3.05, 3.63) is 93.9 Å². The van der Waals surface area contributed by atoms with Crippen molar-refractivity contribution in [3.8, 4) is 0 Å². The normalized spacial score (nSPS) is 11.4. The zero-order valence-electron chi connectivity index (χ0n) is 15.0. The number of anilines is 2. The Morgan fingerprint density at radius 2 is 1.52 bits per heavy atom. The van der Waals surface area contributed by atoms with E-state index in [4.69, 9.17) is 11.6 Å². The molecule has 0 aliphatic heterocycles. The minimum Gasteiger partial charge on any atom is -0.323 e. The Balaban J connectivity index is 1.65. The molecule has 0 spiro atoms. The van der Waals surface area contributed by atoms with Gasteiger partial charge in [0.15, 0.2) is 0 Å². The van der Waals surface area contributed by atoms with E-state index in [9.17, 15) is 13.2 Å². The van der Waals surface area contributed by atoms with Gasteiger partial charge in [-0.3, -0.25) is 9.52 Å². The zero-order chi connectivity index (χ0) is 20.9. The first-order valence-electron chi connectivity index (χ1n) is 8.45. The SMILES string of the molecule is O=C(/C=C/c1ccccc1Cl)Nc1ccc(S(=O)(=O)Nc2ccc(Br)cc2)cc1. The highest BCUT2D eigenvalue weighted by molar-refractivity contribution is 9.10. The van der Waals surface area contributed by atoms with Crippen molar-refractivity contribution in [1.82, 2.24) is 0 Å². The first-order valence-corrected chi connectivity index (χ1v) is 11.1. The highest BCUT2D eigenvalue weighted by Gasteiger charge is 2.14. The third-order valence-corrected chi connectivity index (χ3v) is 6.12. The summed E-state index contributed by atoms with van der Waals surface area (Å²) in [5.41, 5.74) is 1.65. The molecule has 0 bridgehead atoms. The maximum atomic E-state index is 12.5. The van der Waals surface area contributed by atoms with E-state index in [-0.39, 0.29) is 10.8 Å². The summed E-state index contributed by atoms with van der Waals surface area (Å²) in [4.78, 5) is 12.2. The lowest BCUT2D eigenvalue weighted by atomic mass is 10.2. The Hall–Kier alpha value is -2.61. The number of nitrogens with one attached hydrogen (secondary N) is 2. The number of hydrogen-bond acceptors (Lipinski definition) is 3. The second-order valence-electron chi connectivity index (χ2n) is 5.98. The van der Waals surface area contributed by atoms with E-state index in [2.05, 4.69) is 26.0 Å². The average Bonchev–Trinajstić information content (AvgIpc) is 2.69. The molecule has 0 aromatic heterocycles. The molecule has 148 valence electrons. The molecule has 0 saturated heterocycles. The second kappa shape index (κ2) is 9.26. The van der Waals surface area contributed by atoms with Gasteiger partial charge in [0, 0.05) is 26.9 Å². The van der Waals surface area contributed by atoms with Crippen LogP contribution >= 0.6 is 27.5 Å². The summed E-state index contributed by atoms with van der Waals surface area (Å²) in [5, 5.41) is 3.22. The molecule has 8 heteroatoms. The fraction of sp³-hybridized carbons (Fsp3) is 0. The topological polar surface area (TPSA) is 75.3 Å². The lowest BCUT2D eigenvalue weighted by Crippen LogP contribution is -2.13. The summed E-state index contributed by atoms with van der Waals surface area (Å²) in [5.74, 6) is -0.353. The van der Waals surface area contributed by atoms with Gasteiger partial charge in [0.25, 0.3) is 10.0 Å². The van der Waals surface area contributed by atoms with Crippen molar-refractivity contribution in [3.63, 3.8) is 0 Å². The van der Waals surface area contributed by atoms with Gasteiger partial charge in [-0.15, -0.1) is 0 Å². The van der Waals surface area contributed by atoms with Gasteiger partial charge in [0.1, 0.15) is 0 Å². The van der Waals surface area contributed by atoms with Crippen LogP contribution in [0, 0.1) is 0 Å². The lowest BCUT2D eigenvalue weighted by Gasteiger charge is -2.09. The molecule has 0 unspecified atom stereocenters. The van der Waals surface area contributed by atoms with E-state index in [0.717, 1.165) is 10.0 Å². The number of halogens is 2. The molecule has 2 N–H and O–H groups in total. The van der Waals surface area contributed by atoms with Gasteiger partial charge < -0.3 is 5.32 Å². The summed E-state index contributed by atoms with van der Waals surface area (Å²) in [6.45, 7) is 0. The molecule has 0 aliphatic rings. The van der Waals surface area contributed by atoms with Crippen LogP contribution in [0.3, 0.4) is 0 Å². The number of carbonyl (C=O) groups excluding carboxylic acids is 1. The highest BCUT2D eigenvalue weighted by atomic mass is 79.9. The van der Waals surface area contributed by atoms with E-state index in [1.165, 1.54) is 30.3 Å². The minimum atomic E-state index is -3.73. The third-order valence-electron chi connectivity index (χ3n) is 3.85. The van der Waals surface area contributed by atoms with Crippen molar-refractivity contribution >= 4 is 60.9 Å². The maximum Gasteiger partial charge on any atom is 0.261 e. The number of rotatable bonds is 6. The average molecular weight is 492 g/mol. The van der Waals surface area contributed by atoms with Crippen molar-refractivity contribution in [2.45, 2.75) is 4.90 Å². The van der Waals surface area contributed by atoms with Crippen LogP contribution in [0.4, 0.5) is 11.4 Å². The van der Waals surface area contributed by atoms with Gasteiger partial charge in [-0.05, 0) is 66.2 Å². The monoisotopic (exact) mass is 490 g/mol. The lowest BCUT2D eigenvalue weighted by molar-refractivity contribution is -0.111. The van der Waals surface area contributed by atoms with Crippen LogP contribution in [0.5, 0.6) is 0 Å². The molecule has 0 aliphatic carbocycles. The zero-order valence-corrected chi connectivity index (χ0v) is 18.1. The fourth-order valence-electron chi connectivity index (χ4n) is 2.41. The van der Waals surface area contributed by atoms with Crippen LogP contribution < -0.4 is 10.0 Å². The molecular weight excluding hydrogens is 476 g/mol. The molecular formula is C21H16BrClN2O3S. The van der Waals surface area contributed by atoms with Crippen LogP contribution in [0.1, 0.15) is 5.56 Å². The van der Waals surface area contributed by atoms with Crippen LogP contribution in [-0.2, 0) is 14.8 Å². The van der Waals surface area contributed by atoms with E-state index < -0.39 is 10.0 Å². The quantitative estimate of drug-likeness (QED) is 0.444. The van der Waals surface area contributed by atoms with Crippen molar-refractivity contribution < 1.29 is 13.2 Å². The van der Waals surface area contributed by atoms with Gasteiger partial charge in [-0.25, -0.2) is 8.42 Å². The molecule has 0 fully saturated rings. The smallest absolute Gasteiger partial charge is 0.261 e. The predicted octanol–water partition coefficient (Wildman–Crippen LogP) is 5.56. The van der Waals surface area contributed by atoms with Crippen LogP contribution in [0.25, 0.3) is 6.08 Å². The largest absolute Gasteiger partial charge is 0.323 e. The molecule has 0 saturated carbocycles. The third kappa shape index (κ3) is 5.93. The standard InChI is InChI=1S/C21H16BrClN2O3S/c22-16-6-8-18(9-7-16)25-29(27,28)19-12-10-17(11-13-19)24-21(26)14-5-15-3-1-2-4-20(15)23/h1-14,25H,(H,24,26)/b14-5+. The molecule has 0 heterocycles. The second-order valence-corrected chi connectivity index (χ2v) is 8.99. The van der Waals surface area contributed by atoms with Crippen molar-refractivity contribution in [1.29, 1.82) is 0 Å². The van der Waals surface area contributed by atoms with Gasteiger partial charge in [0.2, 0.25) is 5.91 Å². The summed E-state index contributed by atoms with van der Waals surface area (Å²) < 4.78 is 28.3. The first kappa shape index (κ1) is 21.1. The van der Waals surface area contributed by atoms with Gasteiger partial charge in [0.05, 0.1) is 4.90 Å². The van der Waals surface area contributed by atoms with Crippen LogP contribution in [0.15, 0.2) is 88.2 Å². The molecule has 3 aromatic carbocycles.